The minimum Gasteiger partial charge on any atom is -0.306 e. The molecule has 0 unspecified atom stereocenters. The predicted octanol–water partition coefficient (Wildman–Crippen LogP) is 2.42. The molecule has 0 radical (unpaired) electrons. The number of rotatable bonds is 2. The second-order valence-electron chi connectivity index (χ2n) is 4.11. The maximum absolute atomic E-state index is 13.2. The van der Waals surface area contributed by atoms with Gasteiger partial charge in [0, 0.05) is 17.8 Å². The number of anilines is 1. The maximum Gasteiger partial charge on any atom is 0.258 e. The van der Waals surface area contributed by atoms with Gasteiger partial charge in [0.1, 0.15) is 18.0 Å². The standard InChI is InChI=1S/C14H9FN4O/c15-11-1-2-12-9(6-11)5-10(7-17-12)14(20)19-13-3-4-16-8-18-13/h1-8H,(H,16,18,19,20). The molecule has 0 bridgehead atoms. The molecule has 1 aromatic carbocycles. The largest absolute Gasteiger partial charge is 0.306 e. The third-order valence-electron chi connectivity index (χ3n) is 2.73. The van der Waals surface area contributed by atoms with E-state index in [0.29, 0.717) is 22.3 Å². The zero-order valence-corrected chi connectivity index (χ0v) is 10.2. The summed E-state index contributed by atoms with van der Waals surface area (Å²) in [5.41, 5.74) is 0.965. The van der Waals surface area contributed by atoms with E-state index < -0.39 is 0 Å². The van der Waals surface area contributed by atoms with Crippen LogP contribution in [0.5, 0.6) is 0 Å². The summed E-state index contributed by atoms with van der Waals surface area (Å²) in [6, 6.07) is 7.39. The number of fused-ring (bicyclic) bond motifs is 1. The lowest BCUT2D eigenvalue weighted by atomic mass is 10.1. The summed E-state index contributed by atoms with van der Waals surface area (Å²) in [6.45, 7) is 0. The van der Waals surface area contributed by atoms with E-state index in [0.717, 1.165) is 0 Å². The first-order valence-electron chi connectivity index (χ1n) is 5.85. The zero-order valence-electron chi connectivity index (χ0n) is 10.2. The average Bonchev–Trinajstić information content (AvgIpc) is 2.47. The van der Waals surface area contributed by atoms with Gasteiger partial charge in [0.05, 0.1) is 11.1 Å². The Morgan fingerprint density at radius 1 is 1.15 bits per heavy atom. The van der Waals surface area contributed by atoms with E-state index in [1.165, 1.54) is 30.9 Å². The Labute approximate surface area is 113 Å². The molecule has 1 N–H and O–H groups in total. The van der Waals surface area contributed by atoms with E-state index in [4.69, 9.17) is 0 Å². The van der Waals surface area contributed by atoms with Gasteiger partial charge in [0.25, 0.3) is 5.91 Å². The van der Waals surface area contributed by atoms with Crippen LogP contribution in [0.2, 0.25) is 0 Å². The molecule has 0 aliphatic rings. The third-order valence-corrected chi connectivity index (χ3v) is 2.73. The molecule has 0 atom stereocenters. The van der Waals surface area contributed by atoms with Crippen LogP contribution in [0.15, 0.2) is 49.1 Å². The van der Waals surface area contributed by atoms with E-state index >= 15 is 0 Å². The SMILES string of the molecule is O=C(Nc1ccncn1)c1cnc2ccc(F)cc2c1. The van der Waals surface area contributed by atoms with Crippen molar-refractivity contribution in [3.8, 4) is 0 Å². The van der Waals surface area contributed by atoms with Crippen LogP contribution in [0.1, 0.15) is 10.4 Å². The third kappa shape index (κ3) is 2.44. The van der Waals surface area contributed by atoms with E-state index in [2.05, 4.69) is 20.3 Å². The number of hydrogen-bond donors (Lipinski definition) is 1. The first kappa shape index (κ1) is 12.2. The van der Waals surface area contributed by atoms with Gasteiger partial charge >= 0.3 is 0 Å². The minimum atomic E-state index is -0.368. The summed E-state index contributed by atoms with van der Waals surface area (Å²) < 4.78 is 13.2. The zero-order chi connectivity index (χ0) is 13.9. The van der Waals surface area contributed by atoms with Crippen LogP contribution >= 0.6 is 0 Å². The van der Waals surface area contributed by atoms with Gasteiger partial charge in [-0.25, -0.2) is 14.4 Å². The number of hydrogen-bond acceptors (Lipinski definition) is 4. The lowest BCUT2D eigenvalue weighted by Gasteiger charge is -2.04. The lowest BCUT2D eigenvalue weighted by Crippen LogP contribution is -2.13. The van der Waals surface area contributed by atoms with E-state index in [9.17, 15) is 9.18 Å². The van der Waals surface area contributed by atoms with Crippen molar-refractivity contribution in [3.05, 3.63) is 60.4 Å². The molecule has 0 aliphatic heterocycles. The van der Waals surface area contributed by atoms with Crippen LogP contribution < -0.4 is 5.32 Å². The van der Waals surface area contributed by atoms with Crippen molar-refractivity contribution in [3.63, 3.8) is 0 Å². The molecule has 6 heteroatoms. The molecule has 0 aliphatic carbocycles. The number of pyridine rings is 1. The van der Waals surface area contributed by atoms with Crippen molar-refractivity contribution < 1.29 is 9.18 Å². The molecule has 0 fully saturated rings. The number of nitrogens with zero attached hydrogens (tertiary/aromatic N) is 3. The molecule has 0 spiro atoms. The van der Waals surface area contributed by atoms with Crippen molar-refractivity contribution in [2.24, 2.45) is 0 Å². The smallest absolute Gasteiger partial charge is 0.258 e. The highest BCUT2D eigenvalue weighted by Gasteiger charge is 2.08. The molecule has 1 amide bonds. The van der Waals surface area contributed by atoms with Crippen LogP contribution in [-0.4, -0.2) is 20.9 Å². The monoisotopic (exact) mass is 268 g/mol. The fraction of sp³-hybridized carbons (Fsp3) is 0. The number of carbonyl (C=O) groups is 1. The molecule has 5 nitrogen and oxygen atoms in total. The normalized spacial score (nSPS) is 10.4. The lowest BCUT2D eigenvalue weighted by molar-refractivity contribution is 0.102. The molecular formula is C14H9FN4O. The van der Waals surface area contributed by atoms with Crippen LogP contribution in [0, 0.1) is 5.82 Å². The molecule has 0 saturated carbocycles. The van der Waals surface area contributed by atoms with Gasteiger partial charge in [0.15, 0.2) is 0 Å². The Bertz CT molecular complexity index is 776. The van der Waals surface area contributed by atoms with Crippen molar-refractivity contribution >= 4 is 22.6 Å². The summed E-state index contributed by atoms with van der Waals surface area (Å²) in [4.78, 5) is 23.8. The molecular weight excluding hydrogens is 259 g/mol. The number of carbonyl (C=O) groups excluding carboxylic acids is 1. The number of benzene rings is 1. The number of aromatic nitrogens is 3. The summed E-state index contributed by atoms with van der Waals surface area (Å²) in [7, 11) is 0. The van der Waals surface area contributed by atoms with E-state index in [1.807, 2.05) is 0 Å². The number of halogens is 1. The van der Waals surface area contributed by atoms with Gasteiger partial charge in [-0.15, -0.1) is 0 Å². The van der Waals surface area contributed by atoms with Crippen LogP contribution in [0.4, 0.5) is 10.2 Å². The van der Waals surface area contributed by atoms with Crippen LogP contribution in [0.25, 0.3) is 10.9 Å². The maximum atomic E-state index is 13.2. The molecule has 0 saturated heterocycles. The topological polar surface area (TPSA) is 67.8 Å². The van der Waals surface area contributed by atoms with Crippen LogP contribution in [0.3, 0.4) is 0 Å². The molecule has 20 heavy (non-hydrogen) atoms. The molecule has 98 valence electrons. The van der Waals surface area contributed by atoms with Crippen molar-refractivity contribution in [1.29, 1.82) is 0 Å². The summed E-state index contributed by atoms with van der Waals surface area (Å²) >= 11 is 0. The second kappa shape index (κ2) is 5.00. The van der Waals surface area contributed by atoms with Gasteiger partial charge < -0.3 is 5.32 Å². The Balaban J connectivity index is 1.91. The predicted molar refractivity (Wildman–Crippen MR) is 71.7 cm³/mol. The molecule has 2 aromatic heterocycles. The summed E-state index contributed by atoms with van der Waals surface area (Å²) in [5, 5.41) is 3.18. The number of amides is 1. The Morgan fingerprint density at radius 3 is 2.85 bits per heavy atom. The Kier molecular flexibility index (Phi) is 3.04. The van der Waals surface area contributed by atoms with Gasteiger partial charge in [-0.1, -0.05) is 0 Å². The van der Waals surface area contributed by atoms with Crippen molar-refractivity contribution in [2.75, 3.05) is 5.32 Å². The molecule has 3 rings (SSSR count). The summed E-state index contributed by atoms with van der Waals surface area (Å²) in [6.07, 6.45) is 4.30. The fourth-order valence-electron chi connectivity index (χ4n) is 1.78. The van der Waals surface area contributed by atoms with Crippen molar-refractivity contribution in [1.82, 2.24) is 15.0 Å². The highest BCUT2D eigenvalue weighted by atomic mass is 19.1. The Morgan fingerprint density at radius 2 is 2.05 bits per heavy atom. The fourth-order valence-corrected chi connectivity index (χ4v) is 1.78. The van der Waals surface area contributed by atoms with Crippen molar-refractivity contribution in [2.45, 2.75) is 0 Å². The van der Waals surface area contributed by atoms with E-state index in [1.54, 1.807) is 18.2 Å². The molecule has 3 aromatic rings. The average molecular weight is 268 g/mol. The van der Waals surface area contributed by atoms with Crippen LogP contribution in [-0.2, 0) is 0 Å². The Hall–Kier alpha value is -2.89. The highest BCUT2D eigenvalue weighted by molar-refractivity contribution is 6.05. The van der Waals surface area contributed by atoms with E-state index in [-0.39, 0.29) is 11.7 Å². The first-order chi connectivity index (χ1) is 9.72. The van der Waals surface area contributed by atoms with Gasteiger partial charge in [-0.2, -0.15) is 0 Å². The first-order valence-corrected chi connectivity index (χ1v) is 5.85. The minimum absolute atomic E-state index is 0.335. The molecule has 2 heterocycles. The second-order valence-corrected chi connectivity index (χ2v) is 4.11. The quantitative estimate of drug-likeness (QED) is 0.775. The highest BCUT2D eigenvalue weighted by Crippen LogP contribution is 2.15. The summed E-state index contributed by atoms with van der Waals surface area (Å²) in [5.74, 6) is -0.334. The van der Waals surface area contributed by atoms with Gasteiger partial charge in [-0.3, -0.25) is 9.78 Å². The van der Waals surface area contributed by atoms with Gasteiger partial charge in [-0.05, 0) is 30.3 Å². The number of nitrogens with one attached hydrogen (secondary N) is 1. The van der Waals surface area contributed by atoms with Gasteiger partial charge in [0.2, 0.25) is 0 Å².